The van der Waals surface area contributed by atoms with Gasteiger partial charge >= 0.3 is 0 Å². The molecule has 3 aromatic rings. The van der Waals surface area contributed by atoms with Gasteiger partial charge in [-0.1, -0.05) is 18.2 Å². The normalized spacial score (nSPS) is 12.3. The van der Waals surface area contributed by atoms with Gasteiger partial charge in [0.15, 0.2) is 0 Å². The predicted octanol–water partition coefficient (Wildman–Crippen LogP) is 2.95. The molecular weight excluding hydrogens is 302 g/mol. The number of hydrogen-bond acceptors (Lipinski definition) is 3. The number of aryl methyl sites for hydroxylation is 3. The van der Waals surface area contributed by atoms with Gasteiger partial charge in [0.1, 0.15) is 11.8 Å². The van der Waals surface area contributed by atoms with Crippen LogP contribution < -0.4 is 5.32 Å². The van der Waals surface area contributed by atoms with E-state index in [4.69, 9.17) is 0 Å². The van der Waals surface area contributed by atoms with Gasteiger partial charge in [-0.3, -0.25) is 9.78 Å². The summed E-state index contributed by atoms with van der Waals surface area (Å²) in [5.74, 6) is -0.225. The number of aliphatic hydroxyl groups is 1. The van der Waals surface area contributed by atoms with Crippen LogP contribution in [-0.2, 0) is 0 Å². The molecule has 5 nitrogen and oxygen atoms in total. The van der Waals surface area contributed by atoms with E-state index >= 15 is 0 Å². The lowest BCUT2D eigenvalue weighted by atomic mass is 10.0. The van der Waals surface area contributed by atoms with Crippen molar-refractivity contribution in [2.24, 2.45) is 0 Å². The zero-order valence-electron chi connectivity index (χ0n) is 14.1. The first-order valence-corrected chi connectivity index (χ1v) is 7.94. The molecule has 0 spiro atoms. The van der Waals surface area contributed by atoms with Crippen molar-refractivity contribution >= 4 is 16.8 Å². The highest BCUT2D eigenvalue weighted by molar-refractivity contribution is 6.02. The maximum absolute atomic E-state index is 12.5. The number of pyridine rings is 1. The number of fused-ring (bicyclic) bond motifs is 1. The van der Waals surface area contributed by atoms with E-state index in [0.29, 0.717) is 11.4 Å². The molecule has 2 aromatic heterocycles. The lowest BCUT2D eigenvalue weighted by molar-refractivity contribution is 0.0909. The molecule has 5 heteroatoms. The quantitative estimate of drug-likeness (QED) is 0.691. The largest absolute Gasteiger partial charge is 0.385 e. The first-order valence-electron chi connectivity index (χ1n) is 7.94. The fourth-order valence-corrected chi connectivity index (χ4v) is 2.98. The number of aliphatic hydroxyl groups excluding tert-OH is 1. The molecule has 0 saturated heterocycles. The third kappa shape index (κ3) is 2.90. The highest BCUT2D eigenvalue weighted by atomic mass is 16.3. The Balaban J connectivity index is 1.81. The van der Waals surface area contributed by atoms with Gasteiger partial charge < -0.3 is 15.4 Å². The van der Waals surface area contributed by atoms with E-state index in [1.807, 2.05) is 26.8 Å². The van der Waals surface area contributed by atoms with E-state index in [-0.39, 0.29) is 12.5 Å². The Labute approximate surface area is 140 Å². The molecule has 124 valence electrons. The van der Waals surface area contributed by atoms with Crippen molar-refractivity contribution in [3.63, 3.8) is 0 Å². The standard InChI is InChI=1S/C19H21N3O2/c1-11-7-8-12(2)17-16(11)13(3)18(22-17)19(24)21-10-15(23)14-6-4-5-9-20-14/h4-9,15,22-23H,10H2,1-3H3,(H,21,24). The first kappa shape index (κ1) is 16.2. The molecule has 2 heterocycles. The number of benzene rings is 1. The van der Waals surface area contributed by atoms with Crippen molar-refractivity contribution in [1.29, 1.82) is 0 Å². The van der Waals surface area contributed by atoms with Crippen LogP contribution >= 0.6 is 0 Å². The van der Waals surface area contributed by atoms with Crippen LogP contribution in [0.15, 0.2) is 36.5 Å². The molecule has 0 bridgehead atoms. The van der Waals surface area contributed by atoms with Gasteiger partial charge in [-0.2, -0.15) is 0 Å². The lowest BCUT2D eigenvalue weighted by Gasteiger charge is -2.11. The van der Waals surface area contributed by atoms with Crippen LogP contribution in [0.3, 0.4) is 0 Å². The van der Waals surface area contributed by atoms with Crippen LogP contribution in [0.2, 0.25) is 0 Å². The number of nitrogens with zero attached hydrogens (tertiary/aromatic N) is 1. The van der Waals surface area contributed by atoms with E-state index in [1.165, 1.54) is 0 Å². The van der Waals surface area contributed by atoms with Crippen LogP contribution in [0.5, 0.6) is 0 Å². The summed E-state index contributed by atoms with van der Waals surface area (Å²) in [6, 6.07) is 9.43. The monoisotopic (exact) mass is 323 g/mol. The van der Waals surface area contributed by atoms with Crippen molar-refractivity contribution in [3.05, 3.63) is 64.6 Å². The minimum Gasteiger partial charge on any atom is -0.385 e. The molecule has 3 rings (SSSR count). The minimum atomic E-state index is -0.830. The Bertz CT molecular complexity index is 885. The molecule has 1 amide bonds. The predicted molar refractivity (Wildman–Crippen MR) is 94.0 cm³/mol. The van der Waals surface area contributed by atoms with Gasteiger partial charge in [0.2, 0.25) is 0 Å². The molecule has 0 aliphatic heterocycles. The molecule has 0 aliphatic carbocycles. The van der Waals surface area contributed by atoms with Crippen LogP contribution in [0.1, 0.15) is 39.0 Å². The summed E-state index contributed by atoms with van der Waals surface area (Å²) in [5.41, 5.74) is 5.23. The first-order chi connectivity index (χ1) is 11.5. The van der Waals surface area contributed by atoms with E-state index in [0.717, 1.165) is 27.6 Å². The third-order valence-corrected chi connectivity index (χ3v) is 4.33. The highest BCUT2D eigenvalue weighted by Crippen LogP contribution is 2.27. The second-order valence-electron chi connectivity index (χ2n) is 6.05. The number of aromatic amines is 1. The summed E-state index contributed by atoms with van der Waals surface area (Å²) in [4.78, 5) is 19.8. The van der Waals surface area contributed by atoms with Gasteiger partial charge in [0, 0.05) is 23.6 Å². The number of amides is 1. The number of H-pyrrole nitrogens is 1. The molecule has 24 heavy (non-hydrogen) atoms. The number of nitrogens with one attached hydrogen (secondary N) is 2. The molecular formula is C19H21N3O2. The Hall–Kier alpha value is -2.66. The smallest absolute Gasteiger partial charge is 0.268 e. The van der Waals surface area contributed by atoms with Gasteiger partial charge in [0.05, 0.1) is 5.69 Å². The van der Waals surface area contributed by atoms with Crippen molar-refractivity contribution < 1.29 is 9.90 Å². The second kappa shape index (κ2) is 6.45. The summed E-state index contributed by atoms with van der Waals surface area (Å²) in [7, 11) is 0. The Kier molecular flexibility index (Phi) is 4.36. The van der Waals surface area contributed by atoms with E-state index in [2.05, 4.69) is 21.4 Å². The topological polar surface area (TPSA) is 78.0 Å². The summed E-state index contributed by atoms with van der Waals surface area (Å²) in [6.45, 7) is 6.11. The maximum Gasteiger partial charge on any atom is 0.268 e. The molecule has 0 fully saturated rings. The fraction of sp³-hybridized carbons (Fsp3) is 0.263. The molecule has 3 N–H and O–H groups in total. The SMILES string of the molecule is Cc1ccc(C)c2c(C)c(C(=O)NCC(O)c3ccccn3)[nH]c12. The fourth-order valence-electron chi connectivity index (χ4n) is 2.98. The average molecular weight is 323 g/mol. The molecule has 1 unspecified atom stereocenters. The van der Waals surface area contributed by atoms with Crippen molar-refractivity contribution in [2.45, 2.75) is 26.9 Å². The summed E-state index contributed by atoms with van der Waals surface area (Å²) < 4.78 is 0. The van der Waals surface area contributed by atoms with Crippen LogP contribution in [0.25, 0.3) is 10.9 Å². The summed E-state index contributed by atoms with van der Waals surface area (Å²) >= 11 is 0. The van der Waals surface area contributed by atoms with E-state index in [1.54, 1.807) is 24.4 Å². The van der Waals surface area contributed by atoms with Gasteiger partial charge in [-0.05, 0) is 49.6 Å². The van der Waals surface area contributed by atoms with Crippen LogP contribution in [-0.4, -0.2) is 27.5 Å². The third-order valence-electron chi connectivity index (χ3n) is 4.33. The van der Waals surface area contributed by atoms with Gasteiger partial charge in [-0.15, -0.1) is 0 Å². The Morgan fingerprint density at radius 2 is 1.96 bits per heavy atom. The van der Waals surface area contributed by atoms with Crippen LogP contribution in [0.4, 0.5) is 0 Å². The molecule has 1 atom stereocenters. The molecule has 0 aliphatic rings. The summed E-state index contributed by atoms with van der Waals surface area (Å²) in [6.07, 6.45) is 0.789. The van der Waals surface area contributed by atoms with Gasteiger partial charge in [-0.25, -0.2) is 0 Å². The van der Waals surface area contributed by atoms with Gasteiger partial charge in [0.25, 0.3) is 5.91 Å². The van der Waals surface area contributed by atoms with E-state index < -0.39 is 6.10 Å². The van der Waals surface area contributed by atoms with Crippen LogP contribution in [0, 0.1) is 20.8 Å². The second-order valence-corrected chi connectivity index (χ2v) is 6.05. The maximum atomic E-state index is 12.5. The average Bonchev–Trinajstić information content (AvgIpc) is 2.95. The lowest BCUT2D eigenvalue weighted by Crippen LogP contribution is -2.29. The molecule has 0 saturated carbocycles. The van der Waals surface area contributed by atoms with Crippen molar-refractivity contribution in [2.75, 3.05) is 6.54 Å². The highest BCUT2D eigenvalue weighted by Gasteiger charge is 2.18. The molecule has 1 aromatic carbocycles. The number of carbonyl (C=O) groups excluding carboxylic acids is 1. The molecule has 0 radical (unpaired) electrons. The zero-order chi connectivity index (χ0) is 17.3. The Morgan fingerprint density at radius 1 is 1.21 bits per heavy atom. The number of aromatic nitrogens is 2. The minimum absolute atomic E-state index is 0.114. The number of carbonyl (C=O) groups is 1. The zero-order valence-corrected chi connectivity index (χ0v) is 14.1. The van der Waals surface area contributed by atoms with E-state index in [9.17, 15) is 9.90 Å². The van der Waals surface area contributed by atoms with Crippen molar-refractivity contribution in [3.8, 4) is 0 Å². The summed E-state index contributed by atoms with van der Waals surface area (Å²) in [5, 5.41) is 14.0. The Morgan fingerprint density at radius 3 is 2.62 bits per heavy atom. The number of rotatable bonds is 4. The van der Waals surface area contributed by atoms with Crippen molar-refractivity contribution in [1.82, 2.24) is 15.3 Å². The number of hydrogen-bond donors (Lipinski definition) is 3.